The van der Waals surface area contributed by atoms with E-state index in [1.807, 2.05) is 3.28 Å². The molecule has 4 rings (SSSR count). The molecule has 0 nitrogen and oxygen atoms in total. The van der Waals surface area contributed by atoms with Gasteiger partial charge in [-0.05, 0) is 0 Å². The van der Waals surface area contributed by atoms with Gasteiger partial charge in [-0.1, -0.05) is 39.5 Å². The second-order valence-corrected chi connectivity index (χ2v) is 25.7. The number of fused-ring (bicyclic) bond motifs is 1. The second-order valence-electron chi connectivity index (χ2n) is 9.94. The Morgan fingerprint density at radius 2 is 1.50 bits per heavy atom. The van der Waals surface area contributed by atoms with E-state index in [4.69, 9.17) is 0 Å². The monoisotopic (exact) mass is 617 g/mol. The molecule has 2 atom stereocenters. The number of hydrogen-bond donors (Lipinski definition) is 0. The molecule has 0 saturated heterocycles. The minimum Gasteiger partial charge on any atom is -1.00 e. The number of rotatable bonds is 8. The van der Waals surface area contributed by atoms with Crippen LogP contribution >= 0.6 is 0 Å². The summed E-state index contributed by atoms with van der Waals surface area (Å²) in [6.45, 7) is 16.6. The maximum Gasteiger partial charge on any atom is -0.0536 e. The standard InChI is InChI=1S/C17H15.C8H11.C6H14.CH5Si.2ClH.Zr/c1-2-13-11-15-9-6-10-16(17(15)12-13)14-7-4-3-5-8-14;1-6-4-7(2)8(3)5-6;1-3-5-6-4-2;1-2;;;/h3-12H,2H2,1H3;4,6H,1-3H3;3-6H2,1-2H3;2H2,1H3;2*1H;/q;;;;;;+2/p-2. The van der Waals surface area contributed by atoms with Crippen molar-refractivity contribution >= 4 is 12.7 Å². The molecule has 2 aliphatic rings. The SMILES string of the molecule is CCC1=Cc2c(-c3ccccc3)cccc2[CH]1[Zr+2]([SiH2]C)[C]1=C(C)C(C)=CC1C.CCCCCC.[Cl-].[Cl-]. The predicted octanol–water partition coefficient (Wildman–Crippen LogP) is 3.42. The molecule has 0 saturated carbocycles. The minimum absolute atomic E-state index is 0. The van der Waals surface area contributed by atoms with E-state index in [0.717, 1.165) is 3.63 Å². The smallest absolute Gasteiger partial charge is 0.0536 e. The van der Waals surface area contributed by atoms with Gasteiger partial charge in [-0.2, -0.15) is 0 Å². The van der Waals surface area contributed by atoms with Gasteiger partial charge < -0.3 is 24.8 Å². The Labute approximate surface area is 243 Å². The van der Waals surface area contributed by atoms with E-state index in [9.17, 15) is 0 Å². The van der Waals surface area contributed by atoms with Gasteiger partial charge >= 0.3 is 181 Å². The summed E-state index contributed by atoms with van der Waals surface area (Å²) in [7, 11) is 0. The van der Waals surface area contributed by atoms with Gasteiger partial charge in [-0.15, -0.1) is 0 Å². The van der Waals surface area contributed by atoms with Crippen molar-refractivity contribution < 1.29 is 45.7 Å². The first-order valence-corrected chi connectivity index (χ1v) is 23.6. The van der Waals surface area contributed by atoms with Crippen LogP contribution in [0.5, 0.6) is 0 Å². The number of benzene rings is 2. The van der Waals surface area contributed by atoms with Crippen LogP contribution in [0.2, 0.25) is 6.55 Å². The third-order valence-electron chi connectivity index (χ3n) is 7.63. The molecule has 0 heterocycles. The molecule has 2 unspecified atom stereocenters. The Hall–Kier alpha value is -0.660. The minimum atomic E-state index is -1.72. The van der Waals surface area contributed by atoms with Crippen LogP contribution in [0.15, 0.2) is 74.6 Å². The van der Waals surface area contributed by atoms with Gasteiger partial charge in [0, 0.05) is 0 Å². The van der Waals surface area contributed by atoms with Crippen molar-refractivity contribution in [2.24, 2.45) is 5.92 Å². The Morgan fingerprint density at radius 1 is 0.861 bits per heavy atom. The molecule has 0 aromatic heterocycles. The van der Waals surface area contributed by atoms with Crippen molar-refractivity contribution in [1.82, 2.24) is 0 Å². The molecular weight excluding hydrogens is 575 g/mol. The summed E-state index contributed by atoms with van der Waals surface area (Å²) in [5, 5.41) is 0. The van der Waals surface area contributed by atoms with E-state index in [0.29, 0.717) is 5.92 Å². The topological polar surface area (TPSA) is 0 Å². The van der Waals surface area contributed by atoms with E-state index in [1.165, 1.54) is 48.8 Å². The van der Waals surface area contributed by atoms with E-state index >= 15 is 0 Å². The summed E-state index contributed by atoms with van der Waals surface area (Å²) in [4.78, 5) is 0. The normalized spacial score (nSPS) is 18.1. The van der Waals surface area contributed by atoms with Crippen LogP contribution in [0.3, 0.4) is 0 Å². The zero-order chi connectivity index (χ0) is 24.7. The molecule has 2 aromatic rings. The Balaban J connectivity index is 0.000000727. The van der Waals surface area contributed by atoms with Gasteiger partial charge in [0.1, 0.15) is 0 Å². The average Bonchev–Trinajstić information content (AvgIpc) is 3.36. The van der Waals surface area contributed by atoms with Gasteiger partial charge in [0.2, 0.25) is 0 Å². The number of allylic oxidation sites excluding steroid dienone is 5. The summed E-state index contributed by atoms with van der Waals surface area (Å²) in [6, 6.07) is 18.0. The first-order chi connectivity index (χ1) is 16.5. The number of unbranched alkanes of at least 4 members (excludes halogenated alkanes) is 3. The Kier molecular flexibility index (Phi) is 15.1. The fourth-order valence-electron chi connectivity index (χ4n) is 5.77. The van der Waals surface area contributed by atoms with Gasteiger partial charge in [0.15, 0.2) is 0 Å². The Morgan fingerprint density at radius 3 is 2.00 bits per heavy atom. The maximum atomic E-state index is 2.60. The van der Waals surface area contributed by atoms with Crippen LogP contribution in [0.1, 0.15) is 88.4 Å². The molecule has 0 spiro atoms. The van der Waals surface area contributed by atoms with Crippen LogP contribution in [0.25, 0.3) is 17.2 Å². The quantitative estimate of drug-likeness (QED) is 0.314. The molecule has 0 amide bonds. The summed E-state index contributed by atoms with van der Waals surface area (Å²) in [5.41, 5.74) is 10.9. The molecule has 2 aromatic carbocycles. The van der Waals surface area contributed by atoms with Crippen LogP contribution in [0.4, 0.5) is 0 Å². The van der Waals surface area contributed by atoms with E-state index < -0.39 is 20.9 Å². The van der Waals surface area contributed by atoms with Crippen LogP contribution in [-0.4, -0.2) is 6.65 Å². The van der Waals surface area contributed by atoms with Gasteiger partial charge in [0.05, 0.1) is 0 Å². The third-order valence-corrected chi connectivity index (χ3v) is 25.8. The van der Waals surface area contributed by atoms with Crippen molar-refractivity contribution in [3.63, 3.8) is 0 Å². The van der Waals surface area contributed by atoms with Crippen molar-refractivity contribution in [3.8, 4) is 11.1 Å². The Bertz CT molecular complexity index is 1050. The summed E-state index contributed by atoms with van der Waals surface area (Å²) in [5.74, 6) is 0.682. The zero-order valence-electron chi connectivity index (χ0n) is 23.4. The van der Waals surface area contributed by atoms with Crippen LogP contribution in [-0.2, 0) is 20.9 Å². The first-order valence-electron chi connectivity index (χ1n) is 13.6. The molecule has 0 bridgehead atoms. The van der Waals surface area contributed by atoms with Crippen LogP contribution in [0, 0.1) is 5.92 Å². The molecule has 2 aliphatic carbocycles. The molecule has 4 heteroatoms. The predicted molar refractivity (Wildman–Crippen MR) is 153 cm³/mol. The summed E-state index contributed by atoms with van der Waals surface area (Å²) in [6.07, 6.45) is 11.8. The van der Waals surface area contributed by atoms with E-state index in [1.54, 1.807) is 22.3 Å². The van der Waals surface area contributed by atoms with Crippen molar-refractivity contribution in [3.05, 3.63) is 85.7 Å². The fraction of sp³-hybridized carbons (Fsp3) is 0.438. The molecule has 36 heavy (non-hydrogen) atoms. The average molecular weight is 620 g/mol. The number of halogens is 2. The third kappa shape index (κ3) is 7.47. The molecule has 0 N–H and O–H groups in total. The summed E-state index contributed by atoms with van der Waals surface area (Å²) >= 11 is -1.72. The van der Waals surface area contributed by atoms with Gasteiger partial charge in [0.25, 0.3) is 0 Å². The fourth-order valence-corrected chi connectivity index (χ4v) is 26.1. The van der Waals surface area contributed by atoms with Crippen molar-refractivity contribution in [1.29, 1.82) is 0 Å². The van der Waals surface area contributed by atoms with Gasteiger partial charge in [-0.25, -0.2) is 0 Å². The second kappa shape index (κ2) is 16.3. The largest absolute Gasteiger partial charge is 1.00 e. The molecular formula is C32H45Cl2SiZr. The van der Waals surface area contributed by atoms with Gasteiger partial charge in [-0.3, -0.25) is 0 Å². The molecule has 0 fully saturated rings. The molecule has 0 radical (unpaired) electrons. The zero-order valence-corrected chi connectivity index (χ0v) is 28.8. The van der Waals surface area contributed by atoms with E-state index in [-0.39, 0.29) is 31.5 Å². The van der Waals surface area contributed by atoms with Crippen molar-refractivity contribution in [2.45, 2.75) is 83.8 Å². The van der Waals surface area contributed by atoms with E-state index in [2.05, 4.69) is 109 Å². The maximum absolute atomic E-state index is 2.60. The first kappa shape index (κ1) is 33.4. The van der Waals surface area contributed by atoms with Crippen molar-refractivity contribution in [2.75, 3.05) is 0 Å². The molecule has 0 aliphatic heterocycles. The summed E-state index contributed by atoms with van der Waals surface area (Å²) < 4.78 is 2.70. The van der Waals surface area contributed by atoms with Crippen LogP contribution < -0.4 is 24.8 Å². The number of hydrogen-bond acceptors (Lipinski definition) is 0. The molecule has 195 valence electrons.